The number of carbonyl (C=O) groups is 1. The second kappa shape index (κ2) is 4.82. The number of amides is 1. The molecule has 0 aliphatic rings. The summed E-state index contributed by atoms with van der Waals surface area (Å²) in [5.74, 6) is -0.178. The molecule has 0 saturated carbocycles. The maximum Gasteiger partial charge on any atom is 0.292 e. The number of nitrogens with zero attached hydrogens (tertiary/aromatic N) is 3. The lowest BCUT2D eigenvalue weighted by Gasteiger charge is -2.15. The van der Waals surface area contributed by atoms with Gasteiger partial charge in [0.1, 0.15) is 5.69 Å². The van der Waals surface area contributed by atoms with Crippen molar-refractivity contribution in [1.29, 1.82) is 0 Å². The van der Waals surface area contributed by atoms with Crippen LogP contribution in [0, 0.1) is 10.1 Å². The van der Waals surface area contributed by atoms with Gasteiger partial charge in [-0.2, -0.15) is 0 Å². The van der Waals surface area contributed by atoms with Crippen molar-refractivity contribution in [3.63, 3.8) is 0 Å². The van der Waals surface area contributed by atoms with Crippen LogP contribution >= 0.6 is 0 Å². The van der Waals surface area contributed by atoms with Crippen LogP contribution < -0.4 is 4.90 Å². The molecule has 1 rings (SSSR count). The van der Waals surface area contributed by atoms with Gasteiger partial charge in [-0.15, -0.1) is 0 Å². The topological polar surface area (TPSA) is 66.7 Å². The number of anilines is 1. The van der Waals surface area contributed by atoms with Gasteiger partial charge in [-0.1, -0.05) is 0 Å². The molecular formula is C11H15N3O3. The molecule has 0 heterocycles. The van der Waals surface area contributed by atoms with E-state index in [0.29, 0.717) is 11.3 Å². The summed E-state index contributed by atoms with van der Waals surface area (Å²) in [6.45, 7) is 0. The minimum atomic E-state index is -0.459. The lowest BCUT2D eigenvalue weighted by atomic mass is 10.1. The first-order valence-corrected chi connectivity index (χ1v) is 5.02. The molecule has 0 N–H and O–H groups in total. The van der Waals surface area contributed by atoms with Gasteiger partial charge in [0.15, 0.2) is 0 Å². The van der Waals surface area contributed by atoms with Gasteiger partial charge in [0.2, 0.25) is 0 Å². The van der Waals surface area contributed by atoms with Crippen molar-refractivity contribution in [3.05, 3.63) is 33.9 Å². The van der Waals surface area contributed by atoms with Gasteiger partial charge in [0.25, 0.3) is 11.6 Å². The van der Waals surface area contributed by atoms with E-state index in [0.717, 1.165) is 0 Å². The zero-order valence-corrected chi connectivity index (χ0v) is 10.3. The Balaban J connectivity index is 3.28. The lowest BCUT2D eigenvalue weighted by Crippen LogP contribution is -2.22. The van der Waals surface area contributed by atoms with Gasteiger partial charge < -0.3 is 9.80 Å². The van der Waals surface area contributed by atoms with Crippen molar-refractivity contribution in [2.75, 3.05) is 33.1 Å². The summed E-state index contributed by atoms with van der Waals surface area (Å²) in [6, 6.07) is 4.35. The van der Waals surface area contributed by atoms with Crippen LogP contribution in [-0.2, 0) is 0 Å². The minimum Gasteiger partial charge on any atom is -0.372 e. The molecule has 0 atom stereocenters. The largest absolute Gasteiger partial charge is 0.372 e. The summed E-state index contributed by atoms with van der Waals surface area (Å²) in [5.41, 5.74) is 0.845. The molecule has 0 aliphatic carbocycles. The molecule has 6 heteroatoms. The Bertz CT molecular complexity index is 455. The Morgan fingerprint density at radius 3 is 2.24 bits per heavy atom. The third-order valence-electron chi connectivity index (χ3n) is 2.31. The Hall–Kier alpha value is -2.11. The predicted molar refractivity (Wildman–Crippen MR) is 65.4 cm³/mol. The summed E-state index contributed by atoms with van der Waals surface area (Å²) >= 11 is 0. The molecule has 0 aromatic heterocycles. The number of nitro benzene ring substituents is 1. The molecule has 1 amide bonds. The fourth-order valence-electron chi connectivity index (χ4n) is 1.43. The van der Waals surface area contributed by atoms with Crippen LogP contribution in [0.5, 0.6) is 0 Å². The first-order valence-electron chi connectivity index (χ1n) is 5.02. The molecule has 0 unspecified atom stereocenters. The molecule has 0 fully saturated rings. The van der Waals surface area contributed by atoms with Crippen LogP contribution in [0.1, 0.15) is 10.4 Å². The summed E-state index contributed by atoms with van der Waals surface area (Å²) in [6.07, 6.45) is 0. The highest BCUT2D eigenvalue weighted by Crippen LogP contribution is 2.27. The monoisotopic (exact) mass is 237 g/mol. The number of rotatable bonds is 3. The van der Waals surface area contributed by atoms with Crippen LogP contribution in [0.15, 0.2) is 18.2 Å². The summed E-state index contributed by atoms with van der Waals surface area (Å²) in [5, 5.41) is 10.8. The number of nitro groups is 1. The van der Waals surface area contributed by atoms with Crippen LogP contribution in [0.25, 0.3) is 0 Å². The predicted octanol–water partition coefficient (Wildman–Crippen LogP) is 1.36. The second-order valence-electron chi connectivity index (χ2n) is 4.05. The van der Waals surface area contributed by atoms with E-state index in [1.54, 1.807) is 33.1 Å². The Labute approximate surface area is 99.6 Å². The SMILES string of the molecule is CN(C)C(=O)c1ccc([N+](=O)[O-])c(N(C)C)c1. The third-order valence-corrected chi connectivity index (χ3v) is 2.31. The number of carbonyl (C=O) groups excluding carboxylic acids is 1. The van der Waals surface area contributed by atoms with Crippen molar-refractivity contribution in [2.24, 2.45) is 0 Å². The third kappa shape index (κ3) is 2.72. The number of hydrogen-bond donors (Lipinski definition) is 0. The quantitative estimate of drug-likeness (QED) is 0.588. The Morgan fingerprint density at radius 2 is 1.82 bits per heavy atom. The van der Waals surface area contributed by atoms with E-state index in [4.69, 9.17) is 0 Å². The second-order valence-corrected chi connectivity index (χ2v) is 4.05. The van der Waals surface area contributed by atoms with Crippen molar-refractivity contribution in [2.45, 2.75) is 0 Å². The van der Waals surface area contributed by atoms with E-state index in [2.05, 4.69) is 0 Å². The van der Waals surface area contributed by atoms with Gasteiger partial charge >= 0.3 is 0 Å². The summed E-state index contributed by atoms with van der Waals surface area (Å²) in [7, 11) is 6.68. The average Bonchev–Trinajstić information content (AvgIpc) is 2.26. The van der Waals surface area contributed by atoms with Gasteiger partial charge in [-0.05, 0) is 12.1 Å². The highest BCUT2D eigenvalue weighted by atomic mass is 16.6. The molecule has 0 spiro atoms. The molecule has 0 aliphatic heterocycles. The first-order chi connectivity index (χ1) is 7.84. The Morgan fingerprint density at radius 1 is 1.24 bits per heavy atom. The molecule has 6 nitrogen and oxygen atoms in total. The van der Waals surface area contributed by atoms with E-state index in [1.807, 2.05) is 0 Å². The fraction of sp³-hybridized carbons (Fsp3) is 0.364. The minimum absolute atomic E-state index is 0.00898. The van der Waals surface area contributed by atoms with Crippen LogP contribution in [0.2, 0.25) is 0 Å². The molecular weight excluding hydrogens is 222 g/mol. The first kappa shape index (κ1) is 13.0. The van der Waals surface area contributed by atoms with E-state index in [1.165, 1.54) is 23.1 Å². The van der Waals surface area contributed by atoms with E-state index in [-0.39, 0.29) is 11.6 Å². The van der Waals surface area contributed by atoms with E-state index < -0.39 is 4.92 Å². The maximum atomic E-state index is 11.7. The molecule has 0 saturated heterocycles. The van der Waals surface area contributed by atoms with Gasteiger partial charge in [-0.25, -0.2) is 0 Å². The summed E-state index contributed by atoms with van der Waals surface area (Å²) in [4.78, 5) is 25.2. The molecule has 1 aromatic carbocycles. The zero-order chi connectivity index (χ0) is 13.2. The van der Waals surface area contributed by atoms with Crippen molar-refractivity contribution in [1.82, 2.24) is 4.90 Å². The van der Waals surface area contributed by atoms with E-state index >= 15 is 0 Å². The zero-order valence-electron chi connectivity index (χ0n) is 10.3. The van der Waals surface area contributed by atoms with Gasteiger partial charge in [0, 0.05) is 39.8 Å². The normalized spacial score (nSPS) is 9.88. The highest BCUT2D eigenvalue weighted by Gasteiger charge is 2.18. The molecule has 1 aromatic rings. The van der Waals surface area contributed by atoms with E-state index in [9.17, 15) is 14.9 Å². The van der Waals surface area contributed by atoms with Crippen LogP contribution in [-0.4, -0.2) is 43.9 Å². The number of benzene rings is 1. The highest BCUT2D eigenvalue weighted by molar-refractivity contribution is 5.95. The molecule has 0 bridgehead atoms. The van der Waals surface area contributed by atoms with Crippen LogP contribution in [0.3, 0.4) is 0 Å². The van der Waals surface area contributed by atoms with Crippen molar-refractivity contribution in [3.8, 4) is 0 Å². The number of hydrogen-bond acceptors (Lipinski definition) is 4. The van der Waals surface area contributed by atoms with Crippen molar-refractivity contribution >= 4 is 17.3 Å². The smallest absolute Gasteiger partial charge is 0.292 e. The molecule has 92 valence electrons. The molecule has 0 radical (unpaired) electrons. The lowest BCUT2D eigenvalue weighted by molar-refractivity contribution is -0.384. The van der Waals surface area contributed by atoms with Gasteiger partial charge in [0.05, 0.1) is 4.92 Å². The van der Waals surface area contributed by atoms with Gasteiger partial charge in [-0.3, -0.25) is 14.9 Å². The fourth-order valence-corrected chi connectivity index (χ4v) is 1.43. The standard InChI is InChI=1S/C11H15N3O3/c1-12(2)10-7-8(11(15)13(3)4)5-6-9(10)14(16)17/h5-7H,1-4H3. The van der Waals surface area contributed by atoms with Crippen molar-refractivity contribution < 1.29 is 9.72 Å². The van der Waals surface area contributed by atoms with Crippen LogP contribution in [0.4, 0.5) is 11.4 Å². The molecule has 17 heavy (non-hydrogen) atoms. The average molecular weight is 237 g/mol. The maximum absolute atomic E-state index is 11.7. The Kier molecular flexibility index (Phi) is 3.67. The summed E-state index contributed by atoms with van der Waals surface area (Å²) < 4.78 is 0.